The number of carbonyl (C=O) groups is 1. The molecule has 0 radical (unpaired) electrons. The zero-order valence-electron chi connectivity index (χ0n) is 13.2. The fourth-order valence-corrected chi connectivity index (χ4v) is 2.90. The van der Waals surface area contributed by atoms with Crippen molar-refractivity contribution in [1.29, 1.82) is 0 Å². The number of nitrogens with zero attached hydrogens (tertiary/aromatic N) is 2. The second-order valence-corrected chi connectivity index (χ2v) is 5.79. The maximum atomic E-state index is 12.0. The molecule has 1 fully saturated rings. The molecule has 3 heterocycles. The van der Waals surface area contributed by atoms with Gasteiger partial charge in [-0.1, -0.05) is 11.6 Å². The van der Waals surface area contributed by atoms with E-state index in [-0.39, 0.29) is 12.1 Å². The highest BCUT2D eigenvalue weighted by atomic mass is 16.5. The van der Waals surface area contributed by atoms with Gasteiger partial charge in [-0.25, -0.2) is 4.79 Å². The number of hydrogen-bond acceptors (Lipinski definition) is 5. The minimum Gasteiger partial charge on any atom is -0.468 e. The Morgan fingerprint density at radius 1 is 1.39 bits per heavy atom. The minimum atomic E-state index is -0.299. The van der Waals surface area contributed by atoms with Gasteiger partial charge in [0.1, 0.15) is 11.5 Å². The molecule has 1 aliphatic rings. The van der Waals surface area contributed by atoms with E-state index in [1.807, 2.05) is 12.1 Å². The SMILES string of the molecule is Cc1cc(NC(=O)NC[C@H](c2ccco2)N2CCCCC2)no1. The topological polar surface area (TPSA) is 83.5 Å². The number of urea groups is 1. The number of likely N-dealkylation sites (tertiary alicyclic amines) is 1. The maximum Gasteiger partial charge on any atom is 0.320 e. The zero-order valence-corrected chi connectivity index (χ0v) is 13.2. The maximum absolute atomic E-state index is 12.0. The Labute approximate surface area is 135 Å². The van der Waals surface area contributed by atoms with Crippen molar-refractivity contribution in [2.45, 2.75) is 32.2 Å². The lowest BCUT2D eigenvalue weighted by molar-refractivity contribution is 0.144. The van der Waals surface area contributed by atoms with Crippen LogP contribution >= 0.6 is 0 Å². The van der Waals surface area contributed by atoms with Gasteiger partial charge in [-0.3, -0.25) is 10.2 Å². The third kappa shape index (κ3) is 4.13. The van der Waals surface area contributed by atoms with Crippen molar-refractivity contribution in [2.75, 3.05) is 25.0 Å². The molecule has 0 saturated carbocycles. The molecule has 7 nitrogen and oxygen atoms in total. The van der Waals surface area contributed by atoms with Gasteiger partial charge in [0.15, 0.2) is 5.82 Å². The number of anilines is 1. The van der Waals surface area contributed by atoms with E-state index < -0.39 is 0 Å². The van der Waals surface area contributed by atoms with Crippen LogP contribution in [0.5, 0.6) is 0 Å². The summed E-state index contributed by atoms with van der Waals surface area (Å²) >= 11 is 0. The van der Waals surface area contributed by atoms with Gasteiger partial charge >= 0.3 is 6.03 Å². The van der Waals surface area contributed by atoms with E-state index in [4.69, 9.17) is 8.94 Å². The largest absolute Gasteiger partial charge is 0.468 e. The molecule has 1 aliphatic heterocycles. The zero-order chi connectivity index (χ0) is 16.1. The van der Waals surface area contributed by atoms with Gasteiger partial charge in [0, 0.05) is 12.6 Å². The molecule has 2 amide bonds. The molecule has 0 aromatic carbocycles. The summed E-state index contributed by atoms with van der Waals surface area (Å²) in [5.41, 5.74) is 0. The van der Waals surface area contributed by atoms with E-state index in [9.17, 15) is 4.79 Å². The second kappa shape index (κ2) is 7.32. The van der Waals surface area contributed by atoms with Crippen LogP contribution in [0, 0.1) is 6.92 Å². The summed E-state index contributed by atoms with van der Waals surface area (Å²) in [6.45, 7) is 4.31. The van der Waals surface area contributed by atoms with Crippen molar-refractivity contribution in [1.82, 2.24) is 15.4 Å². The number of aryl methyl sites for hydroxylation is 1. The number of piperidine rings is 1. The van der Waals surface area contributed by atoms with E-state index >= 15 is 0 Å². The quantitative estimate of drug-likeness (QED) is 0.885. The summed E-state index contributed by atoms with van der Waals surface area (Å²) in [4.78, 5) is 14.4. The van der Waals surface area contributed by atoms with Crippen molar-refractivity contribution in [2.24, 2.45) is 0 Å². The molecule has 0 spiro atoms. The molecule has 124 valence electrons. The summed E-state index contributed by atoms with van der Waals surface area (Å²) in [7, 11) is 0. The monoisotopic (exact) mass is 318 g/mol. The van der Waals surface area contributed by atoms with Crippen LogP contribution in [0.1, 0.15) is 36.8 Å². The number of nitrogens with one attached hydrogen (secondary N) is 2. The minimum absolute atomic E-state index is 0.0510. The molecule has 1 atom stereocenters. The van der Waals surface area contributed by atoms with Crippen LogP contribution in [0.3, 0.4) is 0 Å². The molecule has 23 heavy (non-hydrogen) atoms. The Morgan fingerprint density at radius 3 is 2.87 bits per heavy atom. The van der Waals surface area contributed by atoms with E-state index in [1.54, 1.807) is 19.3 Å². The highest BCUT2D eigenvalue weighted by Gasteiger charge is 2.24. The van der Waals surface area contributed by atoms with Crippen molar-refractivity contribution in [3.8, 4) is 0 Å². The molecule has 3 rings (SSSR count). The van der Waals surface area contributed by atoms with Gasteiger partial charge in [0.2, 0.25) is 0 Å². The highest BCUT2D eigenvalue weighted by molar-refractivity contribution is 5.88. The first-order chi connectivity index (χ1) is 11.2. The first kappa shape index (κ1) is 15.6. The number of furan rings is 1. The first-order valence-corrected chi connectivity index (χ1v) is 7.98. The summed E-state index contributed by atoms with van der Waals surface area (Å²) in [6.07, 6.45) is 5.30. The molecule has 2 aromatic rings. The summed E-state index contributed by atoms with van der Waals surface area (Å²) < 4.78 is 10.5. The lowest BCUT2D eigenvalue weighted by Gasteiger charge is -2.33. The van der Waals surface area contributed by atoms with Crippen LogP contribution in [-0.4, -0.2) is 35.7 Å². The van der Waals surface area contributed by atoms with Crippen LogP contribution in [0.25, 0.3) is 0 Å². The standard InChI is InChI=1S/C16H22N4O3/c1-12-10-15(19-23-12)18-16(21)17-11-13(14-6-5-9-22-14)20-7-3-2-4-8-20/h5-6,9-10,13H,2-4,7-8,11H2,1H3,(H2,17,18,19,21)/t13-/m1/s1. The number of amides is 2. The van der Waals surface area contributed by atoms with E-state index in [0.717, 1.165) is 18.8 Å². The summed E-state index contributed by atoms with van der Waals surface area (Å²) in [6, 6.07) is 5.26. The van der Waals surface area contributed by atoms with Gasteiger partial charge in [-0.15, -0.1) is 0 Å². The average Bonchev–Trinajstić information content (AvgIpc) is 3.21. The Balaban J connectivity index is 1.58. The van der Waals surface area contributed by atoms with Gasteiger partial charge in [0.05, 0.1) is 12.3 Å². The van der Waals surface area contributed by atoms with Gasteiger partial charge < -0.3 is 14.3 Å². The second-order valence-electron chi connectivity index (χ2n) is 5.79. The molecule has 2 aromatic heterocycles. The molecule has 7 heteroatoms. The molecule has 1 saturated heterocycles. The molecular formula is C16H22N4O3. The summed E-state index contributed by atoms with van der Waals surface area (Å²) in [5.74, 6) is 1.94. The van der Waals surface area contributed by atoms with Gasteiger partial charge in [0.25, 0.3) is 0 Å². The van der Waals surface area contributed by atoms with Crippen molar-refractivity contribution in [3.05, 3.63) is 36.0 Å². The third-order valence-corrected chi connectivity index (χ3v) is 4.03. The van der Waals surface area contributed by atoms with E-state index in [0.29, 0.717) is 18.1 Å². The normalized spacial score (nSPS) is 16.9. The van der Waals surface area contributed by atoms with Gasteiger partial charge in [-0.2, -0.15) is 0 Å². The van der Waals surface area contributed by atoms with E-state index in [1.165, 1.54) is 19.3 Å². The van der Waals surface area contributed by atoms with Gasteiger partial charge in [-0.05, 0) is 45.0 Å². The molecule has 2 N–H and O–H groups in total. The van der Waals surface area contributed by atoms with Crippen molar-refractivity contribution in [3.63, 3.8) is 0 Å². The fraction of sp³-hybridized carbons (Fsp3) is 0.500. The first-order valence-electron chi connectivity index (χ1n) is 7.98. The van der Waals surface area contributed by atoms with Crippen molar-refractivity contribution >= 4 is 11.8 Å². The lowest BCUT2D eigenvalue weighted by atomic mass is 10.1. The fourth-order valence-electron chi connectivity index (χ4n) is 2.90. The Kier molecular flexibility index (Phi) is 4.97. The smallest absolute Gasteiger partial charge is 0.320 e. The third-order valence-electron chi connectivity index (χ3n) is 4.03. The van der Waals surface area contributed by atoms with Crippen LogP contribution in [0.2, 0.25) is 0 Å². The highest BCUT2D eigenvalue weighted by Crippen LogP contribution is 2.24. The van der Waals surface area contributed by atoms with Crippen molar-refractivity contribution < 1.29 is 13.7 Å². The Hall–Kier alpha value is -2.28. The molecular weight excluding hydrogens is 296 g/mol. The summed E-state index contributed by atoms with van der Waals surface area (Å²) in [5, 5.41) is 9.30. The number of rotatable bonds is 5. The number of aromatic nitrogens is 1. The molecule has 0 aliphatic carbocycles. The predicted molar refractivity (Wildman–Crippen MR) is 85.1 cm³/mol. The molecule has 0 unspecified atom stereocenters. The lowest BCUT2D eigenvalue weighted by Crippen LogP contribution is -2.41. The Bertz CT molecular complexity index is 617. The molecule has 0 bridgehead atoms. The predicted octanol–water partition coefficient (Wildman–Crippen LogP) is 2.92. The van der Waals surface area contributed by atoms with Crippen LogP contribution in [0.15, 0.2) is 33.4 Å². The van der Waals surface area contributed by atoms with E-state index in [2.05, 4.69) is 20.7 Å². The number of carbonyl (C=O) groups excluding carboxylic acids is 1. The number of hydrogen-bond donors (Lipinski definition) is 2. The Morgan fingerprint density at radius 2 is 2.22 bits per heavy atom. The van der Waals surface area contributed by atoms with Crippen LogP contribution < -0.4 is 10.6 Å². The van der Waals surface area contributed by atoms with Crippen LogP contribution in [-0.2, 0) is 0 Å². The average molecular weight is 318 g/mol. The van der Waals surface area contributed by atoms with Crippen LogP contribution in [0.4, 0.5) is 10.6 Å².